The van der Waals surface area contributed by atoms with Crippen LogP contribution in [0.1, 0.15) is 42.8 Å². The van der Waals surface area contributed by atoms with Crippen LogP contribution in [0, 0.1) is 6.92 Å². The molecule has 2 unspecified atom stereocenters. The quantitative estimate of drug-likeness (QED) is 0.513. The van der Waals surface area contributed by atoms with E-state index >= 15 is 0 Å². The molecule has 0 aliphatic carbocycles. The number of methoxy groups -OCH3 is 1. The fourth-order valence-electron chi connectivity index (χ4n) is 3.13. The van der Waals surface area contributed by atoms with E-state index in [9.17, 15) is 14.4 Å². The molecule has 1 saturated heterocycles. The van der Waals surface area contributed by atoms with Crippen LogP contribution in [0.3, 0.4) is 0 Å². The highest BCUT2D eigenvalue weighted by Crippen LogP contribution is 2.42. The summed E-state index contributed by atoms with van der Waals surface area (Å²) in [5.74, 6) is -0.269. The van der Waals surface area contributed by atoms with Crippen molar-refractivity contribution in [3.63, 3.8) is 0 Å². The van der Waals surface area contributed by atoms with Crippen molar-refractivity contribution < 1.29 is 19.1 Å². The molecule has 2 heterocycles. The average Bonchev–Trinajstić information content (AvgIpc) is 3.08. The number of esters is 1. The number of nitrogens with one attached hydrogen (secondary N) is 1. The fourth-order valence-corrected chi connectivity index (χ4v) is 4.79. The maximum Gasteiger partial charge on any atom is 0.328 e. The first-order valence-corrected chi connectivity index (χ1v) is 10.1. The van der Waals surface area contributed by atoms with Crippen molar-refractivity contribution in [1.82, 2.24) is 20.0 Å². The molecule has 0 radical (unpaired) electrons. The van der Waals surface area contributed by atoms with Crippen LogP contribution >= 0.6 is 23.4 Å². The second kappa shape index (κ2) is 9.45. The van der Waals surface area contributed by atoms with E-state index < -0.39 is 12.0 Å². The van der Waals surface area contributed by atoms with Crippen molar-refractivity contribution in [1.29, 1.82) is 0 Å². The summed E-state index contributed by atoms with van der Waals surface area (Å²) < 4.78 is 6.33. The molecule has 1 aliphatic heterocycles. The largest absolute Gasteiger partial charge is 0.467 e. The normalized spacial score (nSPS) is 17.9. The first kappa shape index (κ1) is 21.6. The van der Waals surface area contributed by atoms with E-state index in [4.69, 9.17) is 16.3 Å². The summed E-state index contributed by atoms with van der Waals surface area (Å²) in [4.78, 5) is 37.1. The zero-order valence-corrected chi connectivity index (χ0v) is 17.5. The van der Waals surface area contributed by atoms with Crippen LogP contribution in [-0.2, 0) is 26.2 Å². The van der Waals surface area contributed by atoms with Crippen molar-refractivity contribution >= 4 is 41.1 Å². The van der Waals surface area contributed by atoms with Crippen molar-refractivity contribution in [2.75, 3.05) is 19.4 Å². The topological polar surface area (TPSA) is 93.5 Å². The van der Waals surface area contributed by atoms with Gasteiger partial charge in [-0.15, -0.1) is 11.8 Å². The number of nitrogens with zero attached hydrogens (tertiary/aromatic N) is 3. The predicted octanol–water partition coefficient (Wildman–Crippen LogP) is 1.80. The van der Waals surface area contributed by atoms with Gasteiger partial charge < -0.3 is 15.0 Å². The summed E-state index contributed by atoms with van der Waals surface area (Å²) in [5.41, 5.74) is 1.69. The maximum atomic E-state index is 12.3. The molecular weight excluding hydrogens is 392 g/mol. The number of aromatic nitrogens is 2. The van der Waals surface area contributed by atoms with Gasteiger partial charge in [-0.3, -0.25) is 14.3 Å². The van der Waals surface area contributed by atoms with Gasteiger partial charge in [-0.05, 0) is 26.2 Å². The highest BCUT2D eigenvalue weighted by molar-refractivity contribution is 8.00. The first-order chi connectivity index (χ1) is 12.8. The van der Waals surface area contributed by atoms with E-state index in [1.165, 1.54) is 14.0 Å². The highest BCUT2D eigenvalue weighted by Gasteiger charge is 2.36. The summed E-state index contributed by atoms with van der Waals surface area (Å²) in [7, 11) is 3.07. The minimum atomic E-state index is -0.665. The molecule has 1 fully saturated rings. The van der Waals surface area contributed by atoms with Crippen LogP contribution in [-0.4, -0.2) is 57.9 Å². The Labute approximate surface area is 167 Å². The fraction of sp³-hybridized carbons (Fsp3) is 0.647. The Kier molecular flexibility index (Phi) is 7.55. The van der Waals surface area contributed by atoms with Gasteiger partial charge in [-0.2, -0.15) is 5.10 Å². The molecule has 0 bridgehead atoms. The van der Waals surface area contributed by atoms with Crippen LogP contribution in [0.4, 0.5) is 0 Å². The van der Waals surface area contributed by atoms with Gasteiger partial charge in [0, 0.05) is 26.1 Å². The van der Waals surface area contributed by atoms with E-state index in [0.29, 0.717) is 36.7 Å². The molecule has 0 spiro atoms. The van der Waals surface area contributed by atoms with Crippen molar-refractivity contribution in [2.24, 2.45) is 7.05 Å². The third kappa shape index (κ3) is 5.16. The molecule has 150 valence electrons. The SMILES string of the molecule is COC(=O)C(CCCCN1C(=O)CSC1c1c(C)nn(C)c1Cl)NC(C)=O. The zero-order chi connectivity index (χ0) is 20.1. The smallest absolute Gasteiger partial charge is 0.328 e. The Morgan fingerprint density at radius 1 is 1.44 bits per heavy atom. The summed E-state index contributed by atoms with van der Waals surface area (Å²) >= 11 is 7.91. The van der Waals surface area contributed by atoms with E-state index in [1.54, 1.807) is 23.5 Å². The molecule has 1 aromatic heterocycles. The number of rotatable bonds is 8. The molecule has 2 amide bonds. The number of ether oxygens (including phenoxy) is 1. The molecule has 8 nitrogen and oxygen atoms in total. The molecular formula is C17H25ClN4O4S. The Balaban J connectivity index is 1.96. The Hall–Kier alpha value is -1.74. The Bertz CT molecular complexity index is 724. The zero-order valence-electron chi connectivity index (χ0n) is 16.0. The number of hydrogen-bond donors (Lipinski definition) is 1. The second-order valence-corrected chi connectivity index (χ2v) is 7.86. The lowest BCUT2D eigenvalue weighted by Gasteiger charge is -2.24. The highest BCUT2D eigenvalue weighted by atomic mass is 35.5. The lowest BCUT2D eigenvalue weighted by molar-refractivity contribution is -0.145. The molecule has 1 aliphatic rings. The van der Waals surface area contributed by atoms with Gasteiger partial charge in [0.05, 0.1) is 18.6 Å². The van der Waals surface area contributed by atoms with Crippen LogP contribution in [0.2, 0.25) is 5.15 Å². The van der Waals surface area contributed by atoms with Gasteiger partial charge in [-0.1, -0.05) is 11.6 Å². The number of carbonyl (C=O) groups excluding carboxylic acids is 3. The van der Waals surface area contributed by atoms with Gasteiger partial charge in [0.15, 0.2) is 0 Å². The van der Waals surface area contributed by atoms with Gasteiger partial charge in [0.25, 0.3) is 0 Å². The van der Waals surface area contributed by atoms with Crippen LogP contribution in [0.25, 0.3) is 0 Å². The predicted molar refractivity (Wildman–Crippen MR) is 103 cm³/mol. The van der Waals surface area contributed by atoms with Crippen molar-refractivity contribution in [3.05, 3.63) is 16.4 Å². The molecule has 1 N–H and O–H groups in total. The van der Waals surface area contributed by atoms with Gasteiger partial charge >= 0.3 is 5.97 Å². The summed E-state index contributed by atoms with van der Waals surface area (Å²) in [5, 5.41) is 7.32. The first-order valence-electron chi connectivity index (χ1n) is 8.71. The molecule has 10 heteroatoms. The molecule has 27 heavy (non-hydrogen) atoms. The van der Waals surface area contributed by atoms with Gasteiger partial charge in [-0.25, -0.2) is 4.79 Å². The molecule has 0 aromatic carbocycles. The van der Waals surface area contributed by atoms with Crippen molar-refractivity contribution in [2.45, 2.75) is 44.5 Å². The summed E-state index contributed by atoms with van der Waals surface area (Å²) in [6.07, 6.45) is 1.83. The van der Waals surface area contributed by atoms with Crippen LogP contribution < -0.4 is 5.32 Å². The molecule has 2 rings (SSSR count). The number of unbranched alkanes of at least 4 members (excludes halogenated alkanes) is 1. The molecule has 2 atom stereocenters. The number of carbonyl (C=O) groups is 3. The lowest BCUT2D eigenvalue weighted by Crippen LogP contribution is -2.40. The van der Waals surface area contributed by atoms with Gasteiger partial charge in [0.1, 0.15) is 16.6 Å². The lowest BCUT2D eigenvalue weighted by atomic mass is 10.1. The standard InChI is InChI=1S/C17H25ClN4O4S/c1-10-14(15(18)21(3)20-10)16-22(13(24)9-27-16)8-6-5-7-12(17(25)26-4)19-11(2)23/h12,16H,5-9H2,1-4H3,(H,19,23). The van der Waals surface area contributed by atoms with E-state index in [2.05, 4.69) is 10.4 Å². The van der Waals surface area contributed by atoms with E-state index in [0.717, 1.165) is 11.3 Å². The minimum absolute atomic E-state index is 0.0655. The Morgan fingerprint density at radius 3 is 2.70 bits per heavy atom. The Morgan fingerprint density at radius 2 is 2.15 bits per heavy atom. The number of hydrogen-bond acceptors (Lipinski definition) is 6. The van der Waals surface area contributed by atoms with Crippen LogP contribution in [0.15, 0.2) is 0 Å². The van der Waals surface area contributed by atoms with Crippen LogP contribution in [0.5, 0.6) is 0 Å². The average molecular weight is 417 g/mol. The second-order valence-electron chi connectivity index (χ2n) is 6.44. The number of aryl methyl sites for hydroxylation is 2. The van der Waals surface area contributed by atoms with Gasteiger partial charge in [0.2, 0.25) is 11.8 Å². The summed E-state index contributed by atoms with van der Waals surface area (Å²) in [6, 6.07) is -0.665. The minimum Gasteiger partial charge on any atom is -0.467 e. The van der Waals surface area contributed by atoms with E-state index in [1.807, 2.05) is 11.8 Å². The third-order valence-electron chi connectivity index (χ3n) is 4.42. The number of thioether (sulfide) groups is 1. The summed E-state index contributed by atoms with van der Waals surface area (Å²) in [6.45, 7) is 3.80. The van der Waals surface area contributed by atoms with E-state index in [-0.39, 0.29) is 17.2 Å². The number of halogens is 1. The maximum absolute atomic E-state index is 12.3. The van der Waals surface area contributed by atoms with Crippen molar-refractivity contribution in [3.8, 4) is 0 Å². The third-order valence-corrected chi connectivity index (χ3v) is 6.08. The molecule has 0 saturated carbocycles. The monoisotopic (exact) mass is 416 g/mol. The molecule has 1 aromatic rings. The number of amides is 2.